The predicted molar refractivity (Wildman–Crippen MR) is 79.4 cm³/mol. The molecule has 1 N–H and O–H groups in total. The molecule has 0 fully saturated rings. The van der Waals surface area contributed by atoms with E-state index in [1.807, 2.05) is 11.6 Å². The molecule has 1 unspecified atom stereocenters. The van der Waals surface area contributed by atoms with Crippen molar-refractivity contribution >= 4 is 0 Å². The first-order valence-electron chi connectivity index (χ1n) is 7.25. The molecule has 1 heterocycles. The quantitative estimate of drug-likeness (QED) is 0.940. The molecule has 0 spiro atoms. The monoisotopic (exact) mass is 283 g/mol. The number of halogens is 1. The molecule has 1 aromatic carbocycles. The summed E-state index contributed by atoms with van der Waals surface area (Å²) in [4.78, 5) is 0. The van der Waals surface area contributed by atoms with Gasteiger partial charge in [-0.25, -0.2) is 4.39 Å². The summed E-state index contributed by atoms with van der Waals surface area (Å²) >= 11 is 0. The Morgan fingerprint density at radius 2 is 2.29 bits per heavy atom. The zero-order valence-electron chi connectivity index (χ0n) is 12.1. The van der Waals surface area contributed by atoms with Crippen molar-refractivity contribution in [2.24, 2.45) is 0 Å². The first-order chi connectivity index (χ1) is 10.2. The van der Waals surface area contributed by atoms with Gasteiger partial charge in [-0.15, -0.1) is 0 Å². The van der Waals surface area contributed by atoms with Gasteiger partial charge in [0.05, 0.1) is 11.6 Å². The number of aromatic nitrogens is 1. The van der Waals surface area contributed by atoms with E-state index in [0.717, 1.165) is 12.8 Å². The summed E-state index contributed by atoms with van der Waals surface area (Å²) in [5, 5.41) is 12.3. The van der Waals surface area contributed by atoms with Gasteiger partial charge in [-0.2, -0.15) is 5.26 Å². The lowest BCUT2D eigenvalue weighted by atomic mass is 9.91. The standard InChI is InChI=1S/C17H18FN3/c1-20-17-4-2-3-13-9-21(11-15(13)17)10-14-7-12(8-19)5-6-16(14)18/h5-7,9,11,17,20H,2-4,10H2,1H3. The van der Waals surface area contributed by atoms with E-state index in [1.54, 1.807) is 6.07 Å². The molecule has 3 nitrogen and oxygen atoms in total. The number of fused-ring (bicyclic) bond motifs is 1. The number of nitrogens with zero attached hydrogens (tertiary/aromatic N) is 2. The maximum atomic E-state index is 13.9. The zero-order chi connectivity index (χ0) is 14.8. The smallest absolute Gasteiger partial charge is 0.128 e. The third-order valence-electron chi connectivity index (χ3n) is 4.19. The van der Waals surface area contributed by atoms with Gasteiger partial charge in [0.25, 0.3) is 0 Å². The molecule has 1 atom stereocenters. The highest BCUT2D eigenvalue weighted by atomic mass is 19.1. The molecule has 0 saturated carbocycles. The molecule has 3 rings (SSSR count). The number of nitriles is 1. The van der Waals surface area contributed by atoms with Crippen LogP contribution in [0.25, 0.3) is 0 Å². The van der Waals surface area contributed by atoms with Gasteiger partial charge in [0.15, 0.2) is 0 Å². The molecule has 0 saturated heterocycles. The SMILES string of the molecule is CNC1CCCc2cn(Cc3cc(C#N)ccc3F)cc21. The lowest BCUT2D eigenvalue weighted by molar-refractivity contribution is 0.498. The Morgan fingerprint density at radius 1 is 1.43 bits per heavy atom. The summed E-state index contributed by atoms with van der Waals surface area (Å²) in [6.45, 7) is 0.463. The van der Waals surface area contributed by atoms with Crippen LogP contribution in [0.3, 0.4) is 0 Å². The Balaban J connectivity index is 1.90. The summed E-state index contributed by atoms with van der Waals surface area (Å²) in [5.41, 5.74) is 3.72. The van der Waals surface area contributed by atoms with E-state index in [0.29, 0.717) is 23.7 Å². The Morgan fingerprint density at radius 3 is 3.05 bits per heavy atom. The molecule has 0 radical (unpaired) electrons. The van der Waals surface area contributed by atoms with Crippen LogP contribution in [0.15, 0.2) is 30.6 Å². The highest BCUT2D eigenvalue weighted by Crippen LogP contribution is 2.30. The Hall–Kier alpha value is -2.12. The Kier molecular flexibility index (Phi) is 3.76. The lowest BCUT2D eigenvalue weighted by Gasteiger charge is -2.21. The minimum atomic E-state index is -0.258. The molecular formula is C17H18FN3. The van der Waals surface area contributed by atoms with Crippen LogP contribution in [-0.4, -0.2) is 11.6 Å². The van der Waals surface area contributed by atoms with Crippen LogP contribution < -0.4 is 5.32 Å². The van der Waals surface area contributed by atoms with Gasteiger partial charge in [-0.1, -0.05) is 0 Å². The number of rotatable bonds is 3. The molecular weight excluding hydrogens is 265 g/mol. The minimum Gasteiger partial charge on any atom is -0.349 e. The molecule has 108 valence electrons. The lowest BCUT2D eigenvalue weighted by Crippen LogP contribution is -2.20. The van der Waals surface area contributed by atoms with E-state index in [1.165, 1.54) is 29.7 Å². The minimum absolute atomic E-state index is 0.258. The molecule has 21 heavy (non-hydrogen) atoms. The van der Waals surface area contributed by atoms with Crippen molar-refractivity contribution in [3.05, 3.63) is 58.7 Å². The second-order valence-electron chi connectivity index (χ2n) is 5.56. The third kappa shape index (κ3) is 2.70. The topological polar surface area (TPSA) is 40.8 Å². The van der Waals surface area contributed by atoms with E-state index >= 15 is 0 Å². The number of nitrogens with one attached hydrogen (secondary N) is 1. The van der Waals surface area contributed by atoms with Crippen LogP contribution in [-0.2, 0) is 13.0 Å². The molecule has 0 amide bonds. The fourth-order valence-corrected chi connectivity index (χ4v) is 3.10. The largest absolute Gasteiger partial charge is 0.349 e. The Bertz CT molecular complexity index is 697. The van der Waals surface area contributed by atoms with Crippen LogP contribution >= 0.6 is 0 Å². The molecule has 1 aliphatic carbocycles. The normalized spacial score (nSPS) is 17.3. The van der Waals surface area contributed by atoms with Crippen molar-refractivity contribution in [2.75, 3.05) is 7.05 Å². The number of aryl methyl sites for hydroxylation is 1. The van der Waals surface area contributed by atoms with Crippen LogP contribution in [0.4, 0.5) is 4.39 Å². The van der Waals surface area contributed by atoms with Gasteiger partial charge in [0, 0.05) is 30.5 Å². The van der Waals surface area contributed by atoms with Crippen LogP contribution in [0, 0.1) is 17.1 Å². The van der Waals surface area contributed by atoms with Crippen LogP contribution in [0.2, 0.25) is 0 Å². The fourth-order valence-electron chi connectivity index (χ4n) is 3.10. The van der Waals surface area contributed by atoms with Crippen molar-refractivity contribution in [3.63, 3.8) is 0 Å². The van der Waals surface area contributed by atoms with Gasteiger partial charge < -0.3 is 9.88 Å². The second kappa shape index (κ2) is 5.71. The zero-order valence-corrected chi connectivity index (χ0v) is 12.1. The van der Waals surface area contributed by atoms with Crippen molar-refractivity contribution < 1.29 is 4.39 Å². The molecule has 1 aliphatic rings. The summed E-state index contributed by atoms with van der Waals surface area (Å²) < 4.78 is 15.9. The van der Waals surface area contributed by atoms with Crippen LogP contribution in [0.5, 0.6) is 0 Å². The summed E-state index contributed by atoms with van der Waals surface area (Å²) in [7, 11) is 1.98. The average molecular weight is 283 g/mol. The van der Waals surface area contributed by atoms with Gasteiger partial charge in [-0.3, -0.25) is 0 Å². The fraction of sp³-hybridized carbons (Fsp3) is 0.353. The molecule has 2 aromatic rings. The van der Waals surface area contributed by atoms with E-state index < -0.39 is 0 Å². The number of hydrogen-bond donors (Lipinski definition) is 1. The van der Waals surface area contributed by atoms with E-state index in [2.05, 4.69) is 23.8 Å². The highest BCUT2D eigenvalue weighted by molar-refractivity contribution is 5.35. The predicted octanol–water partition coefficient (Wildman–Crippen LogP) is 3.14. The van der Waals surface area contributed by atoms with Gasteiger partial charge in [0.1, 0.15) is 5.82 Å². The number of hydrogen-bond acceptors (Lipinski definition) is 2. The molecule has 1 aromatic heterocycles. The average Bonchev–Trinajstić information content (AvgIpc) is 2.91. The third-order valence-corrected chi connectivity index (χ3v) is 4.19. The molecule has 0 aliphatic heterocycles. The summed E-state index contributed by atoms with van der Waals surface area (Å²) in [6.07, 6.45) is 7.62. The van der Waals surface area contributed by atoms with Crippen molar-refractivity contribution in [1.82, 2.24) is 9.88 Å². The van der Waals surface area contributed by atoms with Crippen LogP contribution in [0.1, 0.15) is 41.1 Å². The maximum absolute atomic E-state index is 13.9. The van der Waals surface area contributed by atoms with Crippen molar-refractivity contribution in [3.8, 4) is 6.07 Å². The van der Waals surface area contributed by atoms with Gasteiger partial charge in [0.2, 0.25) is 0 Å². The first kappa shape index (κ1) is 13.8. The van der Waals surface area contributed by atoms with Gasteiger partial charge in [-0.05, 0) is 55.6 Å². The summed E-state index contributed by atoms with van der Waals surface area (Å²) in [5.74, 6) is -0.258. The Labute approximate surface area is 124 Å². The van der Waals surface area contributed by atoms with Crippen molar-refractivity contribution in [1.29, 1.82) is 5.26 Å². The maximum Gasteiger partial charge on any atom is 0.128 e. The molecule has 4 heteroatoms. The van der Waals surface area contributed by atoms with E-state index in [9.17, 15) is 4.39 Å². The highest BCUT2D eigenvalue weighted by Gasteiger charge is 2.20. The summed E-state index contributed by atoms with van der Waals surface area (Å²) in [6, 6.07) is 6.96. The second-order valence-corrected chi connectivity index (χ2v) is 5.56. The van der Waals surface area contributed by atoms with E-state index in [4.69, 9.17) is 5.26 Å². The van der Waals surface area contributed by atoms with E-state index in [-0.39, 0.29) is 5.82 Å². The van der Waals surface area contributed by atoms with Crippen molar-refractivity contribution in [2.45, 2.75) is 31.8 Å². The molecule has 0 bridgehead atoms. The number of benzene rings is 1. The van der Waals surface area contributed by atoms with Gasteiger partial charge >= 0.3 is 0 Å². The first-order valence-corrected chi connectivity index (χ1v) is 7.25.